The first-order valence-corrected chi connectivity index (χ1v) is 9.90. The minimum Gasteiger partial charge on any atom is -0.479 e. The molecule has 1 N–H and O–H groups in total. The van der Waals surface area contributed by atoms with Gasteiger partial charge in [0.1, 0.15) is 5.56 Å². The minimum atomic E-state index is -0.0787. The zero-order chi connectivity index (χ0) is 20.1. The molecule has 0 radical (unpaired) electrons. The third-order valence-electron chi connectivity index (χ3n) is 4.70. The maximum atomic E-state index is 12.7. The second kappa shape index (κ2) is 9.20. The molecule has 9 heteroatoms. The molecule has 2 aromatic rings. The summed E-state index contributed by atoms with van der Waals surface area (Å²) < 4.78 is 7.71. The maximum Gasteiger partial charge on any atom is 0.261 e. The molecule has 1 aliphatic rings. The molecular formula is C19H24BrN5O3. The Morgan fingerprint density at radius 1 is 1.18 bits per heavy atom. The van der Waals surface area contributed by atoms with Crippen molar-refractivity contribution in [1.82, 2.24) is 24.9 Å². The number of hydrogen-bond acceptors (Lipinski definition) is 5. The fourth-order valence-electron chi connectivity index (χ4n) is 3.14. The van der Waals surface area contributed by atoms with E-state index in [0.29, 0.717) is 36.6 Å². The van der Waals surface area contributed by atoms with E-state index < -0.39 is 0 Å². The van der Waals surface area contributed by atoms with E-state index in [-0.39, 0.29) is 11.8 Å². The average molecular weight is 450 g/mol. The number of rotatable bonds is 6. The van der Waals surface area contributed by atoms with Crippen LogP contribution in [0.4, 0.5) is 0 Å². The fraction of sp³-hybridized carbons (Fsp3) is 0.421. The molecule has 0 atom stereocenters. The van der Waals surface area contributed by atoms with Crippen LogP contribution in [0.25, 0.3) is 0 Å². The Hall–Kier alpha value is -2.39. The summed E-state index contributed by atoms with van der Waals surface area (Å²) in [7, 11) is 3.28. The molecule has 28 heavy (non-hydrogen) atoms. The summed E-state index contributed by atoms with van der Waals surface area (Å²) in [4.78, 5) is 28.9. The van der Waals surface area contributed by atoms with Gasteiger partial charge in [0.05, 0.1) is 7.11 Å². The molecule has 1 aliphatic heterocycles. The van der Waals surface area contributed by atoms with Gasteiger partial charge in [0.15, 0.2) is 0 Å². The van der Waals surface area contributed by atoms with Crippen LogP contribution in [-0.4, -0.2) is 77.8 Å². The number of methoxy groups -OCH3 is 1. The second-order valence-electron chi connectivity index (χ2n) is 6.62. The van der Waals surface area contributed by atoms with Crippen LogP contribution >= 0.6 is 15.9 Å². The molecule has 1 saturated heterocycles. The first-order valence-electron chi connectivity index (χ1n) is 9.11. The number of carbonyl (C=O) groups is 2. The van der Waals surface area contributed by atoms with Crippen LogP contribution in [-0.2, 0) is 7.05 Å². The van der Waals surface area contributed by atoms with E-state index in [1.807, 2.05) is 17.0 Å². The maximum absolute atomic E-state index is 12.7. The molecule has 2 amide bonds. The molecule has 2 heterocycles. The van der Waals surface area contributed by atoms with Gasteiger partial charge >= 0.3 is 0 Å². The highest BCUT2D eigenvalue weighted by Crippen LogP contribution is 2.18. The summed E-state index contributed by atoms with van der Waals surface area (Å²) in [6.45, 7) is 4.12. The Kier molecular flexibility index (Phi) is 6.69. The molecule has 0 unspecified atom stereocenters. The summed E-state index contributed by atoms with van der Waals surface area (Å²) >= 11 is 3.36. The van der Waals surface area contributed by atoms with Crippen molar-refractivity contribution in [2.45, 2.75) is 0 Å². The number of halogens is 1. The lowest BCUT2D eigenvalue weighted by Gasteiger charge is -2.34. The summed E-state index contributed by atoms with van der Waals surface area (Å²) in [5, 5.41) is 7.08. The first kappa shape index (κ1) is 20.3. The van der Waals surface area contributed by atoms with E-state index in [0.717, 1.165) is 24.1 Å². The van der Waals surface area contributed by atoms with E-state index in [2.05, 4.69) is 31.2 Å². The van der Waals surface area contributed by atoms with Crippen LogP contribution in [0.3, 0.4) is 0 Å². The van der Waals surface area contributed by atoms with E-state index in [4.69, 9.17) is 4.74 Å². The van der Waals surface area contributed by atoms with Gasteiger partial charge < -0.3 is 15.0 Å². The SMILES string of the molecule is COc1nn(C)cc1C(=O)N1CCN(CCNC(=O)c2ccc(Br)cc2)CC1. The topological polar surface area (TPSA) is 79.7 Å². The van der Waals surface area contributed by atoms with Gasteiger partial charge in [-0.3, -0.25) is 19.2 Å². The van der Waals surface area contributed by atoms with Crippen LogP contribution in [0, 0.1) is 0 Å². The number of aryl methyl sites for hydroxylation is 1. The molecule has 0 saturated carbocycles. The Morgan fingerprint density at radius 2 is 1.86 bits per heavy atom. The Labute approximate surface area is 172 Å². The predicted molar refractivity (Wildman–Crippen MR) is 109 cm³/mol. The molecule has 0 spiro atoms. The van der Waals surface area contributed by atoms with Crippen molar-refractivity contribution < 1.29 is 14.3 Å². The van der Waals surface area contributed by atoms with Gasteiger partial charge in [-0.15, -0.1) is 5.10 Å². The number of amides is 2. The van der Waals surface area contributed by atoms with Crippen molar-refractivity contribution in [1.29, 1.82) is 0 Å². The lowest BCUT2D eigenvalue weighted by atomic mass is 10.2. The van der Waals surface area contributed by atoms with Crippen molar-refractivity contribution in [3.63, 3.8) is 0 Å². The Bertz CT molecular complexity index is 829. The van der Waals surface area contributed by atoms with E-state index in [9.17, 15) is 9.59 Å². The number of carbonyl (C=O) groups excluding carboxylic acids is 2. The van der Waals surface area contributed by atoms with Crippen LogP contribution in [0.5, 0.6) is 5.88 Å². The third kappa shape index (κ3) is 4.90. The summed E-state index contributed by atoms with van der Waals surface area (Å²) in [5.41, 5.74) is 1.13. The van der Waals surface area contributed by atoms with Crippen LogP contribution < -0.4 is 10.1 Å². The van der Waals surface area contributed by atoms with E-state index in [1.54, 1.807) is 30.1 Å². The molecule has 8 nitrogen and oxygen atoms in total. The number of nitrogens with zero attached hydrogens (tertiary/aromatic N) is 4. The van der Waals surface area contributed by atoms with Crippen LogP contribution in [0.2, 0.25) is 0 Å². The number of hydrogen-bond donors (Lipinski definition) is 1. The lowest BCUT2D eigenvalue weighted by Crippen LogP contribution is -2.50. The fourth-order valence-corrected chi connectivity index (χ4v) is 3.41. The van der Waals surface area contributed by atoms with Crippen molar-refractivity contribution in [2.24, 2.45) is 7.05 Å². The minimum absolute atomic E-state index is 0.0619. The normalized spacial score (nSPS) is 14.8. The first-order chi connectivity index (χ1) is 13.5. The van der Waals surface area contributed by atoms with E-state index in [1.165, 1.54) is 7.11 Å². The lowest BCUT2D eigenvalue weighted by molar-refractivity contribution is 0.0635. The Balaban J connectivity index is 1.43. The standard InChI is InChI=1S/C19H24BrN5O3/c1-23-13-16(18(22-23)28-2)19(27)25-11-9-24(10-12-25)8-7-21-17(26)14-3-5-15(20)6-4-14/h3-6,13H,7-12H2,1-2H3,(H,21,26). The summed E-state index contributed by atoms with van der Waals surface area (Å²) in [5.74, 6) is 0.212. The van der Waals surface area contributed by atoms with Gasteiger partial charge in [-0.25, -0.2) is 0 Å². The highest BCUT2D eigenvalue weighted by molar-refractivity contribution is 9.10. The van der Waals surface area contributed by atoms with Crippen LogP contribution in [0.1, 0.15) is 20.7 Å². The predicted octanol–water partition coefficient (Wildman–Crippen LogP) is 1.38. The number of aromatic nitrogens is 2. The third-order valence-corrected chi connectivity index (χ3v) is 5.23. The quantitative estimate of drug-likeness (QED) is 0.720. The van der Waals surface area contributed by atoms with E-state index >= 15 is 0 Å². The zero-order valence-corrected chi connectivity index (χ0v) is 17.6. The van der Waals surface area contributed by atoms with Crippen molar-refractivity contribution in [3.05, 3.63) is 46.1 Å². The van der Waals surface area contributed by atoms with Gasteiger partial charge in [-0.2, -0.15) is 0 Å². The van der Waals surface area contributed by atoms with Crippen molar-refractivity contribution in [2.75, 3.05) is 46.4 Å². The monoisotopic (exact) mass is 449 g/mol. The molecule has 0 bridgehead atoms. The summed E-state index contributed by atoms with van der Waals surface area (Å²) in [6.07, 6.45) is 1.69. The number of benzene rings is 1. The van der Waals surface area contributed by atoms with Crippen LogP contribution in [0.15, 0.2) is 34.9 Å². The number of nitrogens with one attached hydrogen (secondary N) is 1. The zero-order valence-electron chi connectivity index (χ0n) is 16.0. The Morgan fingerprint density at radius 3 is 2.50 bits per heavy atom. The smallest absolute Gasteiger partial charge is 0.261 e. The highest BCUT2D eigenvalue weighted by Gasteiger charge is 2.26. The van der Waals surface area contributed by atoms with Gasteiger partial charge in [-0.1, -0.05) is 15.9 Å². The molecule has 1 aromatic heterocycles. The van der Waals surface area contributed by atoms with Gasteiger partial charge in [0, 0.05) is 62.5 Å². The largest absolute Gasteiger partial charge is 0.479 e. The molecule has 3 rings (SSSR count). The van der Waals surface area contributed by atoms with Gasteiger partial charge in [-0.05, 0) is 24.3 Å². The number of ether oxygens (including phenoxy) is 1. The molecule has 150 valence electrons. The van der Waals surface area contributed by atoms with Gasteiger partial charge in [0.25, 0.3) is 11.8 Å². The average Bonchev–Trinajstić information content (AvgIpc) is 3.09. The highest BCUT2D eigenvalue weighted by atomic mass is 79.9. The van der Waals surface area contributed by atoms with Crippen molar-refractivity contribution in [3.8, 4) is 5.88 Å². The van der Waals surface area contributed by atoms with Crippen molar-refractivity contribution >= 4 is 27.7 Å². The molecular weight excluding hydrogens is 426 g/mol. The second-order valence-corrected chi connectivity index (χ2v) is 7.54. The summed E-state index contributed by atoms with van der Waals surface area (Å²) in [6, 6.07) is 7.28. The van der Waals surface area contributed by atoms with Gasteiger partial charge in [0.2, 0.25) is 5.88 Å². The number of piperazine rings is 1. The molecule has 1 fully saturated rings. The molecule has 1 aromatic carbocycles. The molecule has 0 aliphatic carbocycles.